The molecule has 118 valence electrons. The lowest BCUT2D eigenvalue weighted by molar-refractivity contribution is 0.152. The fourth-order valence-electron chi connectivity index (χ4n) is 1.78. The monoisotopic (exact) mass is 295 g/mol. The van der Waals surface area contributed by atoms with Gasteiger partial charge in [0.15, 0.2) is 17.5 Å². The zero-order chi connectivity index (χ0) is 15.5. The minimum absolute atomic E-state index is 0.647. The van der Waals surface area contributed by atoms with Crippen LogP contribution in [0, 0.1) is 0 Å². The fraction of sp³-hybridized carbons (Fsp3) is 0.533. The zero-order valence-corrected chi connectivity index (χ0v) is 13.2. The van der Waals surface area contributed by atoms with Gasteiger partial charge in [-0.1, -0.05) is 6.07 Å². The molecule has 21 heavy (non-hydrogen) atoms. The summed E-state index contributed by atoms with van der Waals surface area (Å²) < 4.78 is 15.8. The third-order valence-corrected chi connectivity index (χ3v) is 2.87. The number of guanidine groups is 1. The Labute approximate surface area is 126 Å². The highest BCUT2D eigenvalue weighted by Crippen LogP contribution is 2.27. The second-order valence-electron chi connectivity index (χ2n) is 4.24. The van der Waals surface area contributed by atoms with E-state index in [4.69, 9.17) is 14.2 Å². The molecule has 2 N–H and O–H groups in total. The van der Waals surface area contributed by atoms with E-state index in [0.717, 1.165) is 36.2 Å². The van der Waals surface area contributed by atoms with Crippen LogP contribution in [-0.2, 0) is 11.3 Å². The Hall–Kier alpha value is -1.95. The third-order valence-electron chi connectivity index (χ3n) is 2.87. The fourth-order valence-corrected chi connectivity index (χ4v) is 1.78. The van der Waals surface area contributed by atoms with Gasteiger partial charge in [0, 0.05) is 26.7 Å². The third kappa shape index (κ3) is 5.91. The highest BCUT2D eigenvalue weighted by atomic mass is 16.5. The number of benzene rings is 1. The molecule has 0 spiro atoms. The number of hydrogen-bond donors (Lipinski definition) is 2. The number of methoxy groups -OCH3 is 2. The van der Waals surface area contributed by atoms with E-state index in [2.05, 4.69) is 15.6 Å². The number of hydrogen-bond acceptors (Lipinski definition) is 4. The van der Waals surface area contributed by atoms with Crippen molar-refractivity contribution in [1.82, 2.24) is 10.6 Å². The van der Waals surface area contributed by atoms with Crippen molar-refractivity contribution in [2.45, 2.75) is 13.5 Å². The van der Waals surface area contributed by atoms with Gasteiger partial charge in [0.25, 0.3) is 0 Å². The maximum absolute atomic E-state index is 5.29. The Balaban J connectivity index is 2.49. The summed E-state index contributed by atoms with van der Waals surface area (Å²) in [6, 6.07) is 5.82. The van der Waals surface area contributed by atoms with Gasteiger partial charge in [0.05, 0.1) is 20.8 Å². The van der Waals surface area contributed by atoms with Crippen LogP contribution in [0.3, 0.4) is 0 Å². The molecule has 0 radical (unpaired) electrons. The molecule has 0 aliphatic rings. The first-order valence-electron chi connectivity index (χ1n) is 6.98. The van der Waals surface area contributed by atoms with Gasteiger partial charge in [-0.3, -0.25) is 4.99 Å². The molecule has 0 fully saturated rings. The summed E-state index contributed by atoms with van der Waals surface area (Å²) in [4.78, 5) is 4.16. The van der Waals surface area contributed by atoms with Crippen LogP contribution < -0.4 is 20.1 Å². The minimum atomic E-state index is 0.647. The number of nitrogens with zero attached hydrogens (tertiary/aromatic N) is 1. The summed E-state index contributed by atoms with van der Waals surface area (Å²) in [5.74, 6) is 2.18. The SMILES string of the molecule is CCOCCNC(=NC)NCc1ccc(OC)c(OC)c1. The topological polar surface area (TPSA) is 64.1 Å². The molecule has 0 saturated heterocycles. The van der Waals surface area contributed by atoms with Crippen molar-refractivity contribution in [1.29, 1.82) is 0 Å². The van der Waals surface area contributed by atoms with E-state index in [1.165, 1.54) is 0 Å². The van der Waals surface area contributed by atoms with Crippen molar-refractivity contribution in [2.75, 3.05) is 41.0 Å². The normalized spacial score (nSPS) is 11.1. The molecule has 0 bridgehead atoms. The Morgan fingerprint density at radius 2 is 1.90 bits per heavy atom. The van der Waals surface area contributed by atoms with Crippen molar-refractivity contribution < 1.29 is 14.2 Å². The molecule has 0 unspecified atom stereocenters. The quantitative estimate of drug-likeness (QED) is 0.431. The van der Waals surface area contributed by atoms with E-state index in [9.17, 15) is 0 Å². The van der Waals surface area contributed by atoms with Crippen molar-refractivity contribution in [3.05, 3.63) is 23.8 Å². The van der Waals surface area contributed by atoms with Gasteiger partial charge in [0.1, 0.15) is 0 Å². The Bertz CT molecular complexity index is 450. The number of nitrogens with one attached hydrogen (secondary N) is 2. The van der Waals surface area contributed by atoms with Crippen LogP contribution in [0.15, 0.2) is 23.2 Å². The van der Waals surface area contributed by atoms with Gasteiger partial charge in [-0.05, 0) is 24.6 Å². The van der Waals surface area contributed by atoms with E-state index in [0.29, 0.717) is 13.2 Å². The largest absolute Gasteiger partial charge is 0.493 e. The first kappa shape index (κ1) is 17.1. The molecule has 0 aromatic heterocycles. The molecule has 0 aliphatic heterocycles. The predicted octanol–water partition coefficient (Wildman–Crippen LogP) is 1.41. The Morgan fingerprint density at radius 1 is 1.14 bits per heavy atom. The van der Waals surface area contributed by atoms with Crippen molar-refractivity contribution >= 4 is 5.96 Å². The Morgan fingerprint density at radius 3 is 2.52 bits per heavy atom. The number of aliphatic imine (C=N–C) groups is 1. The average molecular weight is 295 g/mol. The number of rotatable bonds is 8. The molecule has 0 amide bonds. The second-order valence-corrected chi connectivity index (χ2v) is 4.24. The van der Waals surface area contributed by atoms with Gasteiger partial charge in [0.2, 0.25) is 0 Å². The van der Waals surface area contributed by atoms with Gasteiger partial charge in [-0.25, -0.2) is 0 Å². The van der Waals surface area contributed by atoms with Gasteiger partial charge < -0.3 is 24.8 Å². The second kappa shape index (κ2) is 9.88. The van der Waals surface area contributed by atoms with E-state index in [-0.39, 0.29) is 0 Å². The lowest BCUT2D eigenvalue weighted by Gasteiger charge is -2.13. The summed E-state index contributed by atoms with van der Waals surface area (Å²) >= 11 is 0. The first-order valence-corrected chi connectivity index (χ1v) is 6.98. The standard InChI is InChI=1S/C15H25N3O3/c1-5-21-9-8-17-15(16-2)18-11-12-6-7-13(19-3)14(10-12)20-4/h6-7,10H,5,8-9,11H2,1-4H3,(H2,16,17,18). The van der Waals surface area contributed by atoms with Gasteiger partial charge in [-0.15, -0.1) is 0 Å². The molecule has 6 heteroatoms. The van der Waals surface area contributed by atoms with Crippen LogP contribution in [0.4, 0.5) is 0 Å². The van der Waals surface area contributed by atoms with Crippen LogP contribution >= 0.6 is 0 Å². The molecule has 0 heterocycles. The molecule has 0 saturated carbocycles. The lowest BCUT2D eigenvalue weighted by atomic mass is 10.2. The molecule has 0 atom stereocenters. The van der Waals surface area contributed by atoms with E-state index in [1.807, 2.05) is 25.1 Å². The van der Waals surface area contributed by atoms with Gasteiger partial charge >= 0.3 is 0 Å². The zero-order valence-electron chi connectivity index (χ0n) is 13.2. The van der Waals surface area contributed by atoms with Crippen molar-refractivity contribution in [2.24, 2.45) is 4.99 Å². The van der Waals surface area contributed by atoms with Crippen molar-refractivity contribution in [3.63, 3.8) is 0 Å². The predicted molar refractivity (Wildman–Crippen MR) is 84.2 cm³/mol. The van der Waals surface area contributed by atoms with E-state index in [1.54, 1.807) is 21.3 Å². The number of ether oxygens (including phenoxy) is 3. The lowest BCUT2D eigenvalue weighted by Crippen LogP contribution is -2.38. The molecule has 1 aromatic rings. The highest BCUT2D eigenvalue weighted by Gasteiger charge is 2.05. The summed E-state index contributed by atoms with van der Waals surface area (Å²) in [7, 11) is 4.99. The van der Waals surface area contributed by atoms with Crippen LogP contribution in [-0.4, -0.2) is 47.0 Å². The molecular formula is C15H25N3O3. The summed E-state index contributed by atoms with van der Waals surface area (Å²) in [5, 5.41) is 6.42. The first-order chi connectivity index (χ1) is 10.2. The minimum Gasteiger partial charge on any atom is -0.493 e. The molecular weight excluding hydrogens is 270 g/mol. The smallest absolute Gasteiger partial charge is 0.191 e. The van der Waals surface area contributed by atoms with Crippen LogP contribution in [0.1, 0.15) is 12.5 Å². The molecule has 1 rings (SSSR count). The maximum atomic E-state index is 5.29. The average Bonchev–Trinajstić information content (AvgIpc) is 2.53. The molecule has 6 nitrogen and oxygen atoms in total. The summed E-state index contributed by atoms with van der Waals surface area (Å²) in [6.45, 7) is 4.73. The summed E-state index contributed by atoms with van der Waals surface area (Å²) in [5.41, 5.74) is 1.08. The Kier molecular flexibility index (Phi) is 8.04. The highest BCUT2D eigenvalue weighted by molar-refractivity contribution is 5.79. The van der Waals surface area contributed by atoms with E-state index >= 15 is 0 Å². The van der Waals surface area contributed by atoms with Crippen LogP contribution in [0.25, 0.3) is 0 Å². The molecule has 0 aliphatic carbocycles. The van der Waals surface area contributed by atoms with Crippen molar-refractivity contribution in [3.8, 4) is 11.5 Å². The maximum Gasteiger partial charge on any atom is 0.191 e. The van der Waals surface area contributed by atoms with Crippen LogP contribution in [0.2, 0.25) is 0 Å². The van der Waals surface area contributed by atoms with Gasteiger partial charge in [-0.2, -0.15) is 0 Å². The van der Waals surface area contributed by atoms with E-state index < -0.39 is 0 Å². The molecule has 1 aromatic carbocycles. The summed E-state index contributed by atoms with van der Waals surface area (Å²) in [6.07, 6.45) is 0. The van der Waals surface area contributed by atoms with Crippen LogP contribution in [0.5, 0.6) is 11.5 Å².